The van der Waals surface area contributed by atoms with Crippen LogP contribution >= 0.6 is 0 Å². The van der Waals surface area contributed by atoms with Gasteiger partial charge in [0.05, 0.1) is 18.7 Å². The number of pyridine rings is 1. The molecule has 14 heteroatoms. The number of aromatic nitrogens is 1. The summed E-state index contributed by atoms with van der Waals surface area (Å²) in [4.78, 5) is 39.6. The fraction of sp³-hybridized carbons (Fsp3) is 0.433. The Morgan fingerprint density at radius 1 is 1.11 bits per heavy atom. The first-order valence-electron chi connectivity index (χ1n) is 14.1. The number of aromatic hydroxyl groups is 1. The van der Waals surface area contributed by atoms with Crippen molar-refractivity contribution in [1.29, 1.82) is 0 Å². The Bertz CT molecular complexity index is 1520. The fourth-order valence-corrected chi connectivity index (χ4v) is 5.07. The molecule has 1 atom stereocenters. The number of hydrogen-bond donors (Lipinski definition) is 5. The molecule has 44 heavy (non-hydrogen) atoms. The van der Waals surface area contributed by atoms with Gasteiger partial charge in [0.15, 0.2) is 0 Å². The molecule has 2 aromatic carbocycles. The largest absolute Gasteiger partial charge is 0.506 e. The quantitative estimate of drug-likeness (QED) is 0.192. The van der Waals surface area contributed by atoms with E-state index in [1.165, 1.54) is 19.2 Å². The molecule has 5 N–H and O–H groups in total. The molecule has 0 bridgehead atoms. The van der Waals surface area contributed by atoms with Crippen LogP contribution in [-0.4, -0.2) is 77.5 Å². The maximum atomic E-state index is 12.4. The molecule has 3 aromatic rings. The molecule has 1 fully saturated rings. The van der Waals surface area contributed by atoms with Crippen molar-refractivity contribution in [3.8, 4) is 11.5 Å². The van der Waals surface area contributed by atoms with Gasteiger partial charge >= 0.3 is 12.1 Å². The molecule has 0 saturated carbocycles. The molecule has 0 aliphatic carbocycles. The Balaban J connectivity index is 1.20. The number of aliphatic hydroxyl groups is 1. The molecule has 4 rings (SSSR count). The highest BCUT2D eigenvalue weighted by molar-refractivity contribution is 5.87. The number of fused-ring (bicyclic) bond motifs is 1. The number of nitrogens with one attached hydrogen (secondary N) is 3. The molecule has 1 aliphatic heterocycles. The normalized spacial score (nSPS) is 15.2. The number of piperidine rings is 1. The highest BCUT2D eigenvalue weighted by Gasteiger charge is 2.42. The number of hydrogen-bond acceptors (Lipinski definition) is 9. The molecule has 1 aromatic heterocycles. The summed E-state index contributed by atoms with van der Waals surface area (Å²) in [5, 5.41) is 27.4. The molecule has 0 unspecified atom stereocenters. The summed E-state index contributed by atoms with van der Waals surface area (Å²) in [5.41, 5.74) is 2.10. The number of likely N-dealkylation sites (tertiary alicyclic amines) is 1. The number of nitrogens with zero attached hydrogens (tertiary/aromatic N) is 1. The van der Waals surface area contributed by atoms with Crippen molar-refractivity contribution in [1.82, 2.24) is 20.5 Å². The van der Waals surface area contributed by atoms with Crippen molar-refractivity contribution in [3.05, 3.63) is 69.5 Å². The Labute approximate surface area is 251 Å². The van der Waals surface area contributed by atoms with Crippen LogP contribution in [0.3, 0.4) is 0 Å². The smallest absolute Gasteiger partial charge is 0.490 e. The van der Waals surface area contributed by atoms with Crippen LogP contribution in [0.1, 0.15) is 42.1 Å². The minimum atomic E-state index is -5.00. The summed E-state index contributed by atoms with van der Waals surface area (Å²) in [7, 11) is 1.53. The molecule has 0 radical (unpaired) electrons. The van der Waals surface area contributed by atoms with Crippen molar-refractivity contribution in [2.75, 3.05) is 33.3 Å². The standard InChI is InChI=1S/C30H35F3N4O7/c1-43-25-14-18(15-35-26(40)10-13-37-11-8-20(9-12-37)44-29(42)30(31,32)33)2-3-19(25)16-34-17-24(39)21-4-6-23(38)28-22(21)5-7-27(41)36-28/h2-7,14,20,24,34,38-39H,8-13,15-17H2,1H3,(H,35,40)(H,36,41)/t24-/m0/s1. The van der Waals surface area contributed by atoms with E-state index in [0.717, 1.165) is 11.1 Å². The average molecular weight is 621 g/mol. The number of alkyl halides is 3. The summed E-state index contributed by atoms with van der Waals surface area (Å²) in [5.74, 6) is -1.84. The van der Waals surface area contributed by atoms with Gasteiger partial charge in [0, 0.05) is 62.7 Å². The zero-order valence-electron chi connectivity index (χ0n) is 24.1. The summed E-state index contributed by atoms with van der Waals surface area (Å²) < 4.78 is 47.1. The Hall–Kier alpha value is -4.14. The average Bonchev–Trinajstić information content (AvgIpc) is 2.99. The van der Waals surface area contributed by atoms with Crippen molar-refractivity contribution >= 4 is 22.8 Å². The third-order valence-electron chi connectivity index (χ3n) is 7.45. The molecule has 2 heterocycles. The van der Waals surface area contributed by atoms with Crippen LogP contribution in [0.5, 0.6) is 11.5 Å². The second kappa shape index (κ2) is 14.6. The van der Waals surface area contributed by atoms with E-state index in [4.69, 9.17) is 4.74 Å². The van der Waals surface area contributed by atoms with E-state index in [0.29, 0.717) is 42.9 Å². The van der Waals surface area contributed by atoms with Crippen LogP contribution in [0.4, 0.5) is 13.2 Å². The van der Waals surface area contributed by atoms with Gasteiger partial charge in [-0.15, -0.1) is 0 Å². The highest BCUT2D eigenvalue weighted by atomic mass is 19.4. The Morgan fingerprint density at radius 2 is 1.86 bits per heavy atom. The van der Waals surface area contributed by atoms with Gasteiger partial charge in [0.1, 0.15) is 17.6 Å². The molecule has 11 nitrogen and oxygen atoms in total. The lowest BCUT2D eigenvalue weighted by Crippen LogP contribution is -2.41. The van der Waals surface area contributed by atoms with Gasteiger partial charge in [-0.2, -0.15) is 13.2 Å². The summed E-state index contributed by atoms with van der Waals surface area (Å²) in [6, 6.07) is 11.4. The van der Waals surface area contributed by atoms with Crippen LogP contribution in [0.25, 0.3) is 10.9 Å². The number of carbonyl (C=O) groups is 2. The number of amides is 1. The van der Waals surface area contributed by atoms with Gasteiger partial charge in [-0.3, -0.25) is 9.59 Å². The third kappa shape index (κ3) is 8.71. The zero-order valence-corrected chi connectivity index (χ0v) is 24.1. The van der Waals surface area contributed by atoms with E-state index in [9.17, 15) is 37.8 Å². The van der Waals surface area contributed by atoms with Crippen molar-refractivity contribution in [2.24, 2.45) is 0 Å². The Kier molecular flexibility index (Phi) is 10.8. The number of benzene rings is 2. The number of halogens is 3. The van der Waals surface area contributed by atoms with Gasteiger partial charge in [-0.25, -0.2) is 4.79 Å². The van der Waals surface area contributed by atoms with Gasteiger partial charge in [-0.1, -0.05) is 18.2 Å². The number of rotatable bonds is 12. The SMILES string of the molecule is COc1cc(CNC(=O)CCN2CCC(OC(=O)C(F)(F)F)CC2)ccc1CNC[C@H](O)c1ccc(O)c2[nH]c(=O)ccc12. The van der Waals surface area contributed by atoms with Gasteiger partial charge in [0.2, 0.25) is 11.5 Å². The zero-order chi connectivity index (χ0) is 31.9. The summed E-state index contributed by atoms with van der Waals surface area (Å²) in [6.45, 7) is 2.14. The number of esters is 1. The van der Waals surface area contributed by atoms with Crippen molar-refractivity contribution < 1.29 is 42.4 Å². The molecule has 1 amide bonds. The first-order chi connectivity index (χ1) is 20.9. The predicted molar refractivity (Wildman–Crippen MR) is 154 cm³/mol. The van der Waals surface area contributed by atoms with E-state index in [-0.39, 0.29) is 55.1 Å². The van der Waals surface area contributed by atoms with Crippen LogP contribution in [0, 0.1) is 0 Å². The number of aromatic amines is 1. The number of methoxy groups -OCH3 is 1. The maximum absolute atomic E-state index is 12.4. The molecular weight excluding hydrogens is 585 g/mol. The lowest BCUT2D eigenvalue weighted by atomic mass is 10.0. The van der Waals surface area contributed by atoms with E-state index in [1.54, 1.807) is 12.1 Å². The van der Waals surface area contributed by atoms with E-state index < -0.39 is 24.4 Å². The first-order valence-corrected chi connectivity index (χ1v) is 14.1. The lowest BCUT2D eigenvalue weighted by Gasteiger charge is -2.31. The van der Waals surface area contributed by atoms with Gasteiger partial charge < -0.3 is 40.2 Å². The molecule has 0 spiro atoms. The number of carbonyl (C=O) groups excluding carboxylic acids is 2. The minimum absolute atomic E-state index is 0.0844. The van der Waals surface area contributed by atoms with Crippen LogP contribution in [-0.2, 0) is 27.4 Å². The number of H-pyrrole nitrogens is 1. The summed E-state index contributed by atoms with van der Waals surface area (Å²) in [6.07, 6.45) is -5.93. The molecule has 1 aliphatic rings. The second-order valence-corrected chi connectivity index (χ2v) is 10.5. The van der Waals surface area contributed by atoms with Crippen LogP contribution in [0.15, 0.2) is 47.3 Å². The van der Waals surface area contributed by atoms with Gasteiger partial charge in [-0.05, 0) is 42.2 Å². The maximum Gasteiger partial charge on any atom is 0.490 e. The number of ether oxygens (including phenoxy) is 2. The molecule has 238 valence electrons. The molecule has 1 saturated heterocycles. The fourth-order valence-electron chi connectivity index (χ4n) is 5.07. The lowest BCUT2D eigenvalue weighted by molar-refractivity contribution is -0.206. The molecular formula is C30H35F3N4O7. The number of aliphatic hydroxyl groups excluding tert-OH is 1. The monoisotopic (exact) mass is 620 g/mol. The van der Waals surface area contributed by atoms with Gasteiger partial charge in [0.25, 0.3) is 0 Å². The number of phenols is 1. The first kappa shape index (κ1) is 32.8. The predicted octanol–water partition coefficient (Wildman–Crippen LogP) is 2.64. The third-order valence-corrected chi connectivity index (χ3v) is 7.45. The van der Waals surface area contributed by atoms with E-state index in [2.05, 4.69) is 20.4 Å². The topological polar surface area (TPSA) is 153 Å². The summed E-state index contributed by atoms with van der Waals surface area (Å²) >= 11 is 0. The second-order valence-electron chi connectivity index (χ2n) is 10.5. The van der Waals surface area contributed by atoms with Crippen molar-refractivity contribution in [2.45, 2.75) is 50.7 Å². The van der Waals surface area contributed by atoms with Crippen molar-refractivity contribution in [3.63, 3.8) is 0 Å². The van der Waals surface area contributed by atoms with E-state index in [1.807, 2.05) is 23.1 Å². The van der Waals surface area contributed by atoms with E-state index >= 15 is 0 Å². The van der Waals surface area contributed by atoms with Crippen LogP contribution in [0.2, 0.25) is 0 Å². The van der Waals surface area contributed by atoms with Crippen LogP contribution < -0.4 is 20.9 Å². The number of phenolic OH excluding ortho intramolecular Hbond substituents is 1. The minimum Gasteiger partial charge on any atom is -0.506 e. The Morgan fingerprint density at radius 3 is 2.57 bits per heavy atom. The highest BCUT2D eigenvalue weighted by Crippen LogP contribution is 2.29.